The summed E-state index contributed by atoms with van der Waals surface area (Å²) < 4.78 is 5.31. The van der Waals surface area contributed by atoms with E-state index < -0.39 is 0 Å². The first kappa shape index (κ1) is 15.8. The van der Waals surface area contributed by atoms with Crippen LogP contribution in [-0.2, 0) is 13.1 Å². The van der Waals surface area contributed by atoms with E-state index in [1.807, 2.05) is 36.4 Å². The summed E-state index contributed by atoms with van der Waals surface area (Å²) in [5, 5.41) is 4.15. The molecule has 0 aliphatic carbocycles. The lowest BCUT2D eigenvalue weighted by molar-refractivity contribution is 0.407. The van der Waals surface area contributed by atoms with Crippen LogP contribution in [0.15, 0.2) is 48.5 Å². The molecule has 2 aromatic rings. The van der Waals surface area contributed by atoms with Gasteiger partial charge in [-0.3, -0.25) is 0 Å². The molecule has 1 N–H and O–H groups in total. The number of para-hydroxylation sites is 1. The van der Waals surface area contributed by atoms with Crippen molar-refractivity contribution < 1.29 is 4.74 Å². The van der Waals surface area contributed by atoms with Gasteiger partial charge in [-0.1, -0.05) is 41.9 Å². The lowest BCUT2D eigenvalue weighted by atomic mass is 10.2. The zero-order valence-corrected chi connectivity index (χ0v) is 12.3. The van der Waals surface area contributed by atoms with E-state index in [4.69, 9.17) is 16.3 Å². The van der Waals surface area contributed by atoms with Gasteiger partial charge in [-0.05, 0) is 23.8 Å². The Morgan fingerprint density at radius 2 is 1.84 bits per heavy atom. The van der Waals surface area contributed by atoms with E-state index in [1.54, 1.807) is 7.11 Å². The summed E-state index contributed by atoms with van der Waals surface area (Å²) in [7, 11) is 1.69. The fourth-order valence-electron chi connectivity index (χ4n) is 1.84. The summed E-state index contributed by atoms with van der Waals surface area (Å²) >= 11 is 5.94. The molecule has 0 saturated carbocycles. The second kappa shape index (κ2) is 8.05. The van der Waals surface area contributed by atoms with Crippen molar-refractivity contribution in [2.24, 2.45) is 0 Å². The third kappa shape index (κ3) is 4.75. The zero-order valence-electron chi connectivity index (χ0n) is 10.7. The highest BCUT2D eigenvalue weighted by molar-refractivity contribution is 6.30. The second-order valence-electron chi connectivity index (χ2n) is 4.05. The molecule has 0 aliphatic heterocycles. The minimum absolute atomic E-state index is 0. The van der Waals surface area contributed by atoms with E-state index in [0.717, 1.165) is 29.4 Å². The molecule has 2 aromatic carbocycles. The summed E-state index contributed by atoms with van der Waals surface area (Å²) in [5.74, 6) is 0.913. The van der Waals surface area contributed by atoms with Gasteiger partial charge in [0.2, 0.25) is 0 Å². The van der Waals surface area contributed by atoms with Crippen LogP contribution in [0.2, 0.25) is 5.02 Å². The van der Waals surface area contributed by atoms with E-state index >= 15 is 0 Å². The number of benzene rings is 2. The fourth-order valence-corrected chi connectivity index (χ4v) is 2.05. The molecule has 0 fully saturated rings. The van der Waals surface area contributed by atoms with E-state index in [2.05, 4.69) is 17.4 Å². The third-order valence-electron chi connectivity index (χ3n) is 2.73. The van der Waals surface area contributed by atoms with Crippen molar-refractivity contribution in [2.75, 3.05) is 7.11 Å². The lowest BCUT2D eigenvalue weighted by Crippen LogP contribution is -2.13. The maximum absolute atomic E-state index is 5.94. The molecule has 102 valence electrons. The highest BCUT2D eigenvalue weighted by Gasteiger charge is 2.01. The summed E-state index contributed by atoms with van der Waals surface area (Å²) in [6.07, 6.45) is 0. The van der Waals surface area contributed by atoms with Crippen LogP contribution in [0.25, 0.3) is 0 Å². The first-order chi connectivity index (χ1) is 8.79. The number of nitrogens with one attached hydrogen (secondary N) is 1. The van der Waals surface area contributed by atoms with E-state index in [0.29, 0.717) is 0 Å². The van der Waals surface area contributed by atoms with Crippen LogP contribution in [-0.4, -0.2) is 7.11 Å². The average Bonchev–Trinajstić information content (AvgIpc) is 2.39. The fraction of sp³-hybridized carbons (Fsp3) is 0.200. The maximum Gasteiger partial charge on any atom is 0.123 e. The van der Waals surface area contributed by atoms with E-state index in [9.17, 15) is 0 Å². The van der Waals surface area contributed by atoms with Crippen molar-refractivity contribution in [1.82, 2.24) is 5.32 Å². The number of ether oxygens (including phenoxy) is 1. The van der Waals surface area contributed by atoms with Gasteiger partial charge in [0.05, 0.1) is 7.11 Å². The average molecular weight is 298 g/mol. The van der Waals surface area contributed by atoms with Gasteiger partial charge in [-0.25, -0.2) is 0 Å². The Bertz CT molecular complexity index is 517. The molecule has 19 heavy (non-hydrogen) atoms. The van der Waals surface area contributed by atoms with Crippen LogP contribution in [0.1, 0.15) is 11.1 Å². The zero-order chi connectivity index (χ0) is 12.8. The normalized spacial score (nSPS) is 9.79. The van der Waals surface area contributed by atoms with Gasteiger partial charge in [0, 0.05) is 23.7 Å². The van der Waals surface area contributed by atoms with Gasteiger partial charge in [0.15, 0.2) is 0 Å². The minimum atomic E-state index is 0. The smallest absolute Gasteiger partial charge is 0.123 e. The molecule has 0 unspecified atom stereocenters. The Kier molecular flexibility index (Phi) is 6.71. The Balaban J connectivity index is 0.00000180. The van der Waals surface area contributed by atoms with Gasteiger partial charge < -0.3 is 10.1 Å². The molecule has 0 spiro atoms. The first-order valence-electron chi connectivity index (χ1n) is 5.86. The number of halogens is 2. The van der Waals surface area contributed by atoms with Crippen molar-refractivity contribution >= 4 is 24.0 Å². The molecule has 0 bridgehead atoms. The van der Waals surface area contributed by atoms with Gasteiger partial charge in [-0.2, -0.15) is 0 Å². The molecule has 0 amide bonds. The van der Waals surface area contributed by atoms with Crippen LogP contribution < -0.4 is 10.1 Å². The monoisotopic (exact) mass is 297 g/mol. The Morgan fingerprint density at radius 1 is 1.05 bits per heavy atom. The number of methoxy groups -OCH3 is 1. The molecule has 2 rings (SSSR count). The minimum Gasteiger partial charge on any atom is -0.496 e. The van der Waals surface area contributed by atoms with Crippen LogP contribution in [0.3, 0.4) is 0 Å². The summed E-state index contributed by atoms with van der Waals surface area (Å²) in [6.45, 7) is 1.56. The molecule has 0 aromatic heterocycles. The molecule has 0 radical (unpaired) electrons. The molecule has 4 heteroatoms. The quantitative estimate of drug-likeness (QED) is 0.898. The highest BCUT2D eigenvalue weighted by Crippen LogP contribution is 2.17. The van der Waals surface area contributed by atoms with Gasteiger partial charge in [-0.15, -0.1) is 12.4 Å². The Morgan fingerprint density at radius 3 is 2.58 bits per heavy atom. The number of hydrogen-bond donors (Lipinski definition) is 1. The van der Waals surface area contributed by atoms with E-state index in [1.165, 1.54) is 5.56 Å². The van der Waals surface area contributed by atoms with Crippen LogP contribution in [0.4, 0.5) is 0 Å². The standard InChI is InChI=1S/C15H16ClNO.ClH/c1-18-15-8-3-2-6-13(15)11-17-10-12-5-4-7-14(16)9-12;/h2-9,17H,10-11H2,1H3;1H. The Labute approximate surface area is 125 Å². The van der Waals surface area contributed by atoms with Crippen molar-refractivity contribution in [2.45, 2.75) is 13.1 Å². The largest absolute Gasteiger partial charge is 0.496 e. The molecular formula is C15H17Cl2NO. The van der Waals surface area contributed by atoms with Gasteiger partial charge in [0.1, 0.15) is 5.75 Å². The van der Waals surface area contributed by atoms with Crippen molar-refractivity contribution in [3.63, 3.8) is 0 Å². The topological polar surface area (TPSA) is 21.3 Å². The van der Waals surface area contributed by atoms with Crippen molar-refractivity contribution in [3.05, 3.63) is 64.7 Å². The molecular weight excluding hydrogens is 281 g/mol. The molecule has 0 atom stereocenters. The van der Waals surface area contributed by atoms with Gasteiger partial charge in [0.25, 0.3) is 0 Å². The predicted molar refractivity (Wildman–Crippen MR) is 82.2 cm³/mol. The van der Waals surface area contributed by atoms with Crippen LogP contribution in [0.5, 0.6) is 5.75 Å². The first-order valence-corrected chi connectivity index (χ1v) is 6.24. The molecule has 0 heterocycles. The maximum atomic E-state index is 5.94. The van der Waals surface area contributed by atoms with Crippen molar-refractivity contribution in [3.8, 4) is 5.75 Å². The second-order valence-corrected chi connectivity index (χ2v) is 4.48. The molecule has 0 saturated heterocycles. The summed E-state index contributed by atoms with van der Waals surface area (Å²) in [6, 6.07) is 15.9. The SMILES string of the molecule is COc1ccccc1CNCc1cccc(Cl)c1.Cl. The van der Waals surface area contributed by atoms with E-state index in [-0.39, 0.29) is 12.4 Å². The molecule has 2 nitrogen and oxygen atoms in total. The van der Waals surface area contributed by atoms with Gasteiger partial charge >= 0.3 is 0 Å². The highest BCUT2D eigenvalue weighted by atomic mass is 35.5. The number of hydrogen-bond acceptors (Lipinski definition) is 2. The number of rotatable bonds is 5. The van der Waals surface area contributed by atoms with Crippen LogP contribution in [0, 0.1) is 0 Å². The van der Waals surface area contributed by atoms with Crippen molar-refractivity contribution in [1.29, 1.82) is 0 Å². The predicted octanol–water partition coefficient (Wildman–Crippen LogP) is 4.06. The lowest BCUT2D eigenvalue weighted by Gasteiger charge is -2.09. The van der Waals surface area contributed by atoms with Crippen LogP contribution >= 0.6 is 24.0 Å². The summed E-state index contributed by atoms with van der Waals surface area (Å²) in [4.78, 5) is 0. The summed E-state index contributed by atoms with van der Waals surface area (Å²) in [5.41, 5.74) is 2.33. The third-order valence-corrected chi connectivity index (χ3v) is 2.96. The molecule has 0 aliphatic rings. The Hall–Kier alpha value is -1.22.